The summed E-state index contributed by atoms with van der Waals surface area (Å²) in [5, 5.41) is 2.86. The van der Waals surface area contributed by atoms with E-state index in [1.54, 1.807) is 26.0 Å². The maximum absolute atomic E-state index is 12.4. The van der Waals surface area contributed by atoms with E-state index in [1.165, 1.54) is 16.4 Å². The second kappa shape index (κ2) is 8.27. The molecule has 0 aliphatic heterocycles. The molecule has 0 radical (unpaired) electrons. The molecule has 25 heavy (non-hydrogen) atoms. The van der Waals surface area contributed by atoms with Gasteiger partial charge < -0.3 is 5.32 Å². The number of aryl methyl sites for hydroxylation is 1. The van der Waals surface area contributed by atoms with E-state index < -0.39 is 10.0 Å². The zero-order valence-corrected chi connectivity index (χ0v) is 15.6. The predicted molar refractivity (Wildman–Crippen MR) is 98.9 cm³/mol. The smallest absolute Gasteiger partial charge is 0.251 e. The lowest BCUT2D eigenvalue weighted by atomic mass is 10.1. The van der Waals surface area contributed by atoms with E-state index in [0.717, 1.165) is 11.1 Å². The van der Waals surface area contributed by atoms with Crippen molar-refractivity contribution in [3.63, 3.8) is 0 Å². The fraction of sp³-hybridized carbons (Fsp3) is 0.316. The number of nitrogens with one attached hydrogen (secondary N) is 1. The largest absolute Gasteiger partial charge is 0.348 e. The molecule has 2 aromatic rings. The number of benzene rings is 2. The third kappa shape index (κ3) is 4.46. The van der Waals surface area contributed by atoms with Gasteiger partial charge in [0.1, 0.15) is 0 Å². The van der Waals surface area contributed by atoms with Crippen molar-refractivity contribution in [2.45, 2.75) is 32.2 Å². The van der Waals surface area contributed by atoms with Crippen LogP contribution < -0.4 is 5.32 Å². The van der Waals surface area contributed by atoms with E-state index in [9.17, 15) is 13.2 Å². The minimum atomic E-state index is -3.50. The van der Waals surface area contributed by atoms with Crippen LogP contribution in [0.2, 0.25) is 0 Å². The van der Waals surface area contributed by atoms with Crippen LogP contribution in [0.5, 0.6) is 0 Å². The number of carbonyl (C=O) groups excluding carboxylic acids is 1. The van der Waals surface area contributed by atoms with Crippen LogP contribution in [-0.4, -0.2) is 31.7 Å². The Kier molecular flexibility index (Phi) is 6.33. The topological polar surface area (TPSA) is 66.5 Å². The molecule has 0 atom stereocenters. The van der Waals surface area contributed by atoms with Crippen LogP contribution in [0.25, 0.3) is 0 Å². The molecule has 0 fully saturated rings. The zero-order valence-electron chi connectivity index (χ0n) is 14.8. The first-order valence-corrected chi connectivity index (χ1v) is 9.77. The number of hydrogen-bond acceptors (Lipinski definition) is 3. The van der Waals surface area contributed by atoms with Gasteiger partial charge in [-0.25, -0.2) is 8.42 Å². The second-order valence-corrected chi connectivity index (χ2v) is 7.66. The predicted octanol–water partition coefficient (Wildman–Crippen LogP) is 2.96. The summed E-state index contributed by atoms with van der Waals surface area (Å²) in [7, 11) is -3.50. The molecule has 0 spiro atoms. The fourth-order valence-electron chi connectivity index (χ4n) is 2.58. The zero-order chi connectivity index (χ0) is 18.4. The van der Waals surface area contributed by atoms with Crippen LogP contribution in [-0.2, 0) is 16.6 Å². The molecule has 0 bridgehead atoms. The molecule has 0 aliphatic rings. The van der Waals surface area contributed by atoms with Crippen molar-refractivity contribution in [1.29, 1.82) is 0 Å². The van der Waals surface area contributed by atoms with E-state index in [4.69, 9.17) is 0 Å². The molecule has 2 rings (SSSR count). The van der Waals surface area contributed by atoms with Crippen molar-refractivity contribution < 1.29 is 13.2 Å². The Morgan fingerprint density at radius 3 is 2.16 bits per heavy atom. The van der Waals surface area contributed by atoms with Crippen LogP contribution in [0.4, 0.5) is 0 Å². The SMILES string of the molecule is CCN(CC)S(=O)(=O)c1ccc(C(=O)NCc2ccccc2C)cc1. The van der Waals surface area contributed by atoms with Crippen LogP contribution in [0.15, 0.2) is 53.4 Å². The highest BCUT2D eigenvalue weighted by atomic mass is 32.2. The molecule has 0 saturated heterocycles. The van der Waals surface area contributed by atoms with Gasteiger partial charge in [-0.05, 0) is 42.3 Å². The van der Waals surface area contributed by atoms with Gasteiger partial charge in [-0.1, -0.05) is 38.1 Å². The number of sulfonamides is 1. The van der Waals surface area contributed by atoms with E-state index in [2.05, 4.69) is 5.32 Å². The number of hydrogen-bond donors (Lipinski definition) is 1. The van der Waals surface area contributed by atoms with Crippen molar-refractivity contribution in [3.8, 4) is 0 Å². The van der Waals surface area contributed by atoms with Crippen LogP contribution in [0.3, 0.4) is 0 Å². The lowest BCUT2D eigenvalue weighted by Gasteiger charge is -2.18. The highest BCUT2D eigenvalue weighted by Crippen LogP contribution is 2.16. The van der Waals surface area contributed by atoms with Crippen molar-refractivity contribution in [3.05, 3.63) is 65.2 Å². The summed E-state index contributed by atoms with van der Waals surface area (Å²) in [6.45, 7) is 6.86. The molecule has 0 aromatic heterocycles. The third-order valence-corrected chi connectivity index (χ3v) is 6.22. The average molecular weight is 360 g/mol. The van der Waals surface area contributed by atoms with Crippen LogP contribution in [0.1, 0.15) is 35.3 Å². The van der Waals surface area contributed by atoms with E-state index in [0.29, 0.717) is 25.2 Å². The van der Waals surface area contributed by atoms with Gasteiger partial charge in [0.2, 0.25) is 10.0 Å². The first-order chi connectivity index (χ1) is 11.9. The molecule has 1 N–H and O–H groups in total. The normalized spacial score (nSPS) is 11.5. The molecule has 2 aromatic carbocycles. The number of carbonyl (C=O) groups is 1. The molecule has 0 unspecified atom stereocenters. The number of nitrogens with zero attached hydrogens (tertiary/aromatic N) is 1. The monoisotopic (exact) mass is 360 g/mol. The second-order valence-electron chi connectivity index (χ2n) is 5.72. The molecule has 6 heteroatoms. The minimum Gasteiger partial charge on any atom is -0.348 e. The molecular weight excluding hydrogens is 336 g/mol. The Morgan fingerprint density at radius 1 is 1.00 bits per heavy atom. The summed E-state index contributed by atoms with van der Waals surface area (Å²) in [5.74, 6) is -0.227. The van der Waals surface area contributed by atoms with E-state index in [-0.39, 0.29) is 10.8 Å². The van der Waals surface area contributed by atoms with Gasteiger partial charge in [-0.2, -0.15) is 4.31 Å². The first-order valence-electron chi connectivity index (χ1n) is 8.33. The van der Waals surface area contributed by atoms with Crippen molar-refractivity contribution in [1.82, 2.24) is 9.62 Å². The average Bonchev–Trinajstić information content (AvgIpc) is 2.61. The van der Waals surface area contributed by atoms with Gasteiger partial charge in [0.05, 0.1) is 4.90 Å². The van der Waals surface area contributed by atoms with Crippen LogP contribution >= 0.6 is 0 Å². The highest BCUT2D eigenvalue weighted by molar-refractivity contribution is 7.89. The molecule has 0 saturated carbocycles. The van der Waals surface area contributed by atoms with Crippen molar-refractivity contribution in [2.75, 3.05) is 13.1 Å². The summed E-state index contributed by atoms with van der Waals surface area (Å²) in [6, 6.07) is 13.9. The van der Waals surface area contributed by atoms with Gasteiger partial charge in [0.15, 0.2) is 0 Å². The summed E-state index contributed by atoms with van der Waals surface area (Å²) in [6.07, 6.45) is 0. The lowest BCUT2D eigenvalue weighted by molar-refractivity contribution is 0.0950. The van der Waals surface area contributed by atoms with Crippen molar-refractivity contribution >= 4 is 15.9 Å². The Hall–Kier alpha value is -2.18. The van der Waals surface area contributed by atoms with E-state index in [1.807, 2.05) is 31.2 Å². The first kappa shape index (κ1) is 19.1. The molecule has 1 amide bonds. The van der Waals surface area contributed by atoms with Gasteiger partial charge in [-0.3, -0.25) is 4.79 Å². The van der Waals surface area contributed by atoms with Gasteiger partial charge in [-0.15, -0.1) is 0 Å². The Labute approximate surface area is 149 Å². The van der Waals surface area contributed by atoms with Gasteiger partial charge in [0.25, 0.3) is 5.91 Å². The van der Waals surface area contributed by atoms with Crippen LogP contribution in [0, 0.1) is 6.92 Å². The molecule has 0 aliphatic carbocycles. The number of rotatable bonds is 7. The summed E-state index contributed by atoms with van der Waals surface area (Å²) in [4.78, 5) is 12.5. The number of amides is 1. The maximum Gasteiger partial charge on any atom is 0.251 e. The standard InChI is InChI=1S/C19H24N2O3S/c1-4-21(5-2)25(23,24)18-12-10-16(11-13-18)19(22)20-14-17-9-7-6-8-15(17)3/h6-13H,4-5,14H2,1-3H3,(H,20,22). The molecule has 5 nitrogen and oxygen atoms in total. The molecular formula is C19H24N2O3S. The Morgan fingerprint density at radius 2 is 1.60 bits per heavy atom. The lowest BCUT2D eigenvalue weighted by Crippen LogP contribution is -2.30. The minimum absolute atomic E-state index is 0.201. The summed E-state index contributed by atoms with van der Waals surface area (Å²) < 4.78 is 26.3. The maximum atomic E-state index is 12.4. The fourth-order valence-corrected chi connectivity index (χ4v) is 4.03. The van der Waals surface area contributed by atoms with Gasteiger partial charge in [0, 0.05) is 25.2 Å². The summed E-state index contributed by atoms with van der Waals surface area (Å²) in [5.41, 5.74) is 2.60. The van der Waals surface area contributed by atoms with Gasteiger partial charge >= 0.3 is 0 Å². The highest BCUT2D eigenvalue weighted by Gasteiger charge is 2.21. The van der Waals surface area contributed by atoms with E-state index >= 15 is 0 Å². The Bertz CT molecular complexity index is 826. The third-order valence-electron chi connectivity index (χ3n) is 4.16. The molecule has 134 valence electrons. The quantitative estimate of drug-likeness (QED) is 0.825. The molecule has 0 heterocycles. The van der Waals surface area contributed by atoms with Crippen molar-refractivity contribution in [2.24, 2.45) is 0 Å². The summed E-state index contributed by atoms with van der Waals surface area (Å²) >= 11 is 0. The Balaban J connectivity index is 2.09.